The van der Waals surface area contributed by atoms with Crippen molar-refractivity contribution >= 4 is 37.7 Å². The van der Waals surface area contributed by atoms with Gasteiger partial charge in [0.25, 0.3) is 0 Å². The molecular weight excluding hydrogens is 185 g/mol. The Hall–Kier alpha value is 2.20. The molecule has 0 radical (unpaired) electrons. The van der Waals surface area contributed by atoms with E-state index in [0.29, 0.717) is 0 Å². The quantitative estimate of drug-likeness (QED) is 0.448. The van der Waals surface area contributed by atoms with Gasteiger partial charge >= 0.3 is 83.3 Å². The van der Waals surface area contributed by atoms with Crippen molar-refractivity contribution in [2.24, 2.45) is 0 Å². The van der Waals surface area contributed by atoms with Crippen LogP contribution < -0.4 is 0 Å². The zero-order valence-electron chi connectivity index (χ0n) is 2.02. The average molecular weight is 187 g/mol. The van der Waals surface area contributed by atoms with E-state index >= 15 is 0 Å². The maximum absolute atomic E-state index is 8.38. The van der Waals surface area contributed by atoms with Gasteiger partial charge in [-0.3, -0.25) is 0 Å². The molecule has 0 saturated carbocycles. The average Bonchev–Trinajstić information content (AvgIpc) is 1.50. The van der Waals surface area contributed by atoms with Crippen LogP contribution in [0.15, 0.2) is 0 Å². The number of rotatable bonds is 0. The molecule has 0 aliphatic heterocycles. The van der Waals surface area contributed by atoms with Crippen LogP contribution in [0.4, 0.5) is 0 Å². The monoisotopic (exact) mass is 186 g/mol. The van der Waals surface area contributed by atoms with Gasteiger partial charge in [0.05, 0.1) is 0 Å². The first-order valence-electron chi connectivity index (χ1n) is 0.493. The molecule has 22 valence electrons. The van der Waals surface area contributed by atoms with Crippen LogP contribution in [0.3, 0.4) is 0 Å². The summed E-state index contributed by atoms with van der Waals surface area (Å²) >= 11 is 0.875. The van der Waals surface area contributed by atoms with Crippen molar-refractivity contribution in [2.45, 2.75) is 0 Å². The first kappa shape index (κ1) is 15.7. The summed E-state index contributed by atoms with van der Waals surface area (Å²) in [4.78, 5) is 0. The van der Waals surface area contributed by atoms with E-state index in [4.69, 9.17) is 6.90 Å². The molecule has 0 aromatic heterocycles. The molecule has 0 N–H and O–H groups in total. The van der Waals surface area contributed by atoms with Crippen LogP contribution in [0.2, 0.25) is 0 Å². The standard InChI is InChI=1S/Ca.2O.Ti.Zn.2H. The van der Waals surface area contributed by atoms with Crippen molar-refractivity contribution < 1.29 is 45.6 Å². The fraction of sp³-hybridized carbons (Fsp3) is 0. The molecule has 0 atom stereocenters. The summed E-state index contributed by atoms with van der Waals surface area (Å²) in [6, 6.07) is 0. The Bertz CT molecular complexity index is 11.6. The van der Waals surface area contributed by atoms with Gasteiger partial charge in [0.15, 0.2) is 0 Å². The Balaban J connectivity index is -0.0000000133. The molecule has 2 nitrogen and oxygen atoms in total. The minimum absolute atomic E-state index is 0. The summed E-state index contributed by atoms with van der Waals surface area (Å²) in [5.74, 6) is 0. The molecule has 0 bridgehead atoms. The van der Waals surface area contributed by atoms with Gasteiger partial charge in [-0.2, -0.15) is 0 Å². The van der Waals surface area contributed by atoms with Gasteiger partial charge in [0.2, 0.25) is 0 Å². The summed E-state index contributed by atoms with van der Waals surface area (Å²) in [6.07, 6.45) is 0. The third-order valence-corrected chi connectivity index (χ3v) is 0. The first-order valence-corrected chi connectivity index (χ1v) is 2.34. The van der Waals surface area contributed by atoms with E-state index in [9.17, 15) is 0 Å². The molecule has 0 fully saturated rings. The van der Waals surface area contributed by atoms with E-state index in [1.54, 1.807) is 0 Å². The van der Waals surface area contributed by atoms with Crippen LogP contribution in [0, 0.1) is 0 Å². The second-order valence-corrected chi connectivity index (χ2v) is 0. The zero-order chi connectivity index (χ0) is 4.00. The Morgan fingerprint density at radius 1 is 1.20 bits per heavy atom. The van der Waals surface area contributed by atoms with Crippen molar-refractivity contribution in [3.05, 3.63) is 0 Å². The summed E-state index contributed by atoms with van der Waals surface area (Å²) in [5, 5.41) is 0. The topological polar surface area (TPSA) is 34.1 Å². The number of hydrogen-bond donors (Lipinski definition) is 0. The summed E-state index contributed by atoms with van der Waals surface area (Å²) in [5.41, 5.74) is 0. The van der Waals surface area contributed by atoms with Gasteiger partial charge in [-0.05, 0) is 0 Å². The Morgan fingerprint density at radius 2 is 1.20 bits per heavy atom. The maximum atomic E-state index is 8.38. The van der Waals surface area contributed by atoms with Crippen LogP contribution in [0.5, 0.6) is 0 Å². The van der Waals surface area contributed by atoms with Crippen molar-refractivity contribution in [1.29, 1.82) is 0 Å². The minimum atomic E-state index is 0. The van der Waals surface area contributed by atoms with Crippen LogP contribution in [-0.4, -0.2) is 37.7 Å². The van der Waals surface area contributed by atoms with Crippen molar-refractivity contribution in [3.63, 3.8) is 0 Å². The molecule has 0 saturated heterocycles. The summed E-state index contributed by atoms with van der Waals surface area (Å²) in [7, 11) is 0. The fourth-order valence-corrected chi connectivity index (χ4v) is 0. The molecule has 0 aromatic rings. The Labute approximate surface area is 81.7 Å². The first-order chi connectivity index (χ1) is 2.00. The second kappa shape index (κ2) is 34.7. The van der Waals surface area contributed by atoms with E-state index in [2.05, 4.69) is 0 Å². The summed E-state index contributed by atoms with van der Waals surface area (Å²) in [6.45, 7) is 0. The van der Waals surface area contributed by atoms with Gasteiger partial charge in [0.1, 0.15) is 0 Å². The molecule has 0 amide bonds. The molecule has 0 rings (SSSR count). The van der Waals surface area contributed by atoms with Crippen molar-refractivity contribution in [3.8, 4) is 0 Å². The van der Waals surface area contributed by atoms with E-state index in [1.165, 1.54) is 0 Å². The molecule has 5 heteroatoms. The third-order valence-electron chi connectivity index (χ3n) is 0. The van der Waals surface area contributed by atoms with Gasteiger partial charge in [-0.15, -0.1) is 0 Å². The van der Waals surface area contributed by atoms with Crippen molar-refractivity contribution in [1.82, 2.24) is 0 Å². The van der Waals surface area contributed by atoms with Crippen LogP contribution in [0.1, 0.15) is 0 Å². The third kappa shape index (κ3) is 22.6. The molecule has 0 aromatic carbocycles. The van der Waals surface area contributed by atoms with Gasteiger partial charge in [-0.25, -0.2) is 0 Å². The van der Waals surface area contributed by atoms with E-state index in [1.807, 2.05) is 0 Å². The predicted octanol–water partition coefficient (Wildman–Crippen LogP) is -1.16. The molecule has 0 heterocycles. The molecule has 0 aliphatic rings. The normalized spacial score (nSPS) is 1.80. The van der Waals surface area contributed by atoms with Gasteiger partial charge in [-0.1, -0.05) is 0 Å². The van der Waals surface area contributed by atoms with E-state index < -0.39 is 0 Å². The fourth-order valence-electron chi connectivity index (χ4n) is 0. The van der Waals surface area contributed by atoms with E-state index in [0.717, 1.165) is 20.4 Å². The van der Waals surface area contributed by atoms with Crippen LogP contribution in [-0.2, 0) is 45.6 Å². The molecule has 0 unspecified atom stereocenters. The zero-order valence-corrected chi connectivity index (χ0v) is 6.55. The Kier molecular flexibility index (Phi) is 109. The summed E-state index contributed by atoms with van der Waals surface area (Å²) < 4.78 is 16.6. The van der Waals surface area contributed by atoms with Crippen LogP contribution >= 0.6 is 0 Å². The van der Waals surface area contributed by atoms with Gasteiger partial charge < -0.3 is 0 Å². The molecule has 0 aliphatic carbocycles. The molecule has 5 heavy (non-hydrogen) atoms. The molecular formula is H2CaO2TiZn. The van der Waals surface area contributed by atoms with Crippen molar-refractivity contribution in [2.75, 3.05) is 0 Å². The predicted molar refractivity (Wildman–Crippen MR) is 9.92 cm³/mol. The molecule has 0 spiro atoms. The number of hydrogen-bond acceptors (Lipinski definition) is 2. The Morgan fingerprint density at radius 3 is 1.20 bits per heavy atom. The SMILES string of the molecule is [CaH2].[O]=[Ti].[O]=[Zn]. The van der Waals surface area contributed by atoms with Gasteiger partial charge in [0, 0.05) is 0 Å². The second-order valence-electron chi connectivity index (χ2n) is 0. The van der Waals surface area contributed by atoms with Crippen LogP contribution in [0.25, 0.3) is 0 Å². The van der Waals surface area contributed by atoms with E-state index in [-0.39, 0.29) is 56.0 Å².